The summed E-state index contributed by atoms with van der Waals surface area (Å²) < 4.78 is 0. The molecule has 2 rings (SSSR count). The predicted octanol–water partition coefficient (Wildman–Crippen LogP) is 2.77. The number of rotatable bonds is 9. The van der Waals surface area contributed by atoms with Crippen LogP contribution in [0.5, 0.6) is 0 Å². The summed E-state index contributed by atoms with van der Waals surface area (Å²) in [6, 6.07) is 0. The summed E-state index contributed by atoms with van der Waals surface area (Å²) >= 11 is 0. The van der Waals surface area contributed by atoms with Crippen LogP contribution in [0.3, 0.4) is 0 Å². The number of likely N-dealkylation sites (tertiary alicyclic amines) is 1. The van der Waals surface area contributed by atoms with Gasteiger partial charge in [0.05, 0.1) is 0 Å². The lowest BCUT2D eigenvalue weighted by molar-refractivity contribution is -0.135. The van der Waals surface area contributed by atoms with Gasteiger partial charge >= 0.3 is 5.97 Å². The van der Waals surface area contributed by atoms with E-state index in [0.29, 0.717) is 6.42 Å². The molecule has 0 aromatic rings. The van der Waals surface area contributed by atoms with E-state index in [-0.39, 0.29) is 22.9 Å². The van der Waals surface area contributed by atoms with E-state index in [0.717, 1.165) is 25.8 Å². The Bertz CT molecular complexity index is 465. The van der Waals surface area contributed by atoms with Crippen LogP contribution in [0.25, 0.3) is 0 Å². The Morgan fingerprint density at radius 2 is 1.87 bits per heavy atom. The van der Waals surface area contributed by atoms with Gasteiger partial charge in [0.1, 0.15) is 5.70 Å². The SMILES string of the molecule is CC1(C)CC1C(=O)N/C(=C/CCCCCN1CCCC1)C(=O)O. The zero-order valence-corrected chi connectivity index (χ0v) is 14.4. The summed E-state index contributed by atoms with van der Waals surface area (Å²) in [7, 11) is 0. The molecule has 0 radical (unpaired) electrons. The minimum Gasteiger partial charge on any atom is -0.477 e. The molecule has 0 bridgehead atoms. The molecule has 1 amide bonds. The first kappa shape index (κ1) is 18.0. The number of amides is 1. The van der Waals surface area contributed by atoms with Gasteiger partial charge in [-0.3, -0.25) is 4.79 Å². The van der Waals surface area contributed by atoms with Crippen molar-refractivity contribution in [2.24, 2.45) is 11.3 Å². The molecule has 2 N–H and O–H groups in total. The molecule has 0 spiro atoms. The van der Waals surface area contributed by atoms with Crippen molar-refractivity contribution < 1.29 is 14.7 Å². The van der Waals surface area contributed by atoms with E-state index in [9.17, 15) is 14.7 Å². The van der Waals surface area contributed by atoms with E-state index in [2.05, 4.69) is 10.2 Å². The number of allylic oxidation sites excluding steroid dienone is 1. The number of aliphatic carboxylic acids is 1. The second kappa shape index (κ2) is 7.95. The van der Waals surface area contributed by atoms with E-state index < -0.39 is 5.97 Å². The third kappa shape index (κ3) is 5.65. The molecule has 0 aromatic heterocycles. The fraction of sp³-hybridized carbons (Fsp3) is 0.778. The number of carboxylic acids is 1. The van der Waals surface area contributed by atoms with Gasteiger partial charge in [-0.25, -0.2) is 4.79 Å². The maximum atomic E-state index is 12.0. The molecule has 2 fully saturated rings. The molecule has 1 aliphatic heterocycles. The van der Waals surface area contributed by atoms with Gasteiger partial charge in [0.15, 0.2) is 0 Å². The number of hydrogen-bond donors (Lipinski definition) is 2. The van der Waals surface area contributed by atoms with Crippen LogP contribution in [0.15, 0.2) is 11.8 Å². The number of carboxylic acid groups (broad SMARTS) is 1. The average Bonchev–Trinajstić information content (AvgIpc) is 2.88. The van der Waals surface area contributed by atoms with Crippen molar-refractivity contribution in [3.05, 3.63) is 11.8 Å². The van der Waals surface area contributed by atoms with E-state index in [1.54, 1.807) is 6.08 Å². The van der Waals surface area contributed by atoms with E-state index in [1.807, 2.05) is 13.8 Å². The number of nitrogens with zero attached hydrogens (tertiary/aromatic N) is 1. The number of hydrogen-bond acceptors (Lipinski definition) is 3. The van der Waals surface area contributed by atoms with Crippen LogP contribution in [0.4, 0.5) is 0 Å². The van der Waals surface area contributed by atoms with Crippen LogP contribution in [-0.2, 0) is 9.59 Å². The molecule has 1 atom stereocenters. The van der Waals surface area contributed by atoms with Gasteiger partial charge in [-0.2, -0.15) is 0 Å². The summed E-state index contributed by atoms with van der Waals surface area (Å²) in [5.74, 6) is -1.25. The van der Waals surface area contributed by atoms with Crippen molar-refractivity contribution in [1.82, 2.24) is 10.2 Å². The first-order valence-corrected chi connectivity index (χ1v) is 8.87. The zero-order valence-electron chi connectivity index (χ0n) is 14.4. The maximum Gasteiger partial charge on any atom is 0.352 e. The maximum absolute atomic E-state index is 12.0. The van der Waals surface area contributed by atoms with Crippen molar-refractivity contribution in [3.63, 3.8) is 0 Å². The van der Waals surface area contributed by atoms with E-state index in [1.165, 1.54) is 32.4 Å². The Labute approximate surface area is 139 Å². The van der Waals surface area contributed by atoms with Crippen LogP contribution in [-0.4, -0.2) is 41.5 Å². The Kier molecular flexibility index (Phi) is 6.22. The second-order valence-corrected chi connectivity index (χ2v) is 7.56. The molecule has 1 unspecified atom stereocenters. The highest BCUT2D eigenvalue weighted by Crippen LogP contribution is 2.51. The molecule has 1 aliphatic carbocycles. The molecular formula is C18H30N2O3. The third-order valence-electron chi connectivity index (χ3n) is 5.04. The zero-order chi connectivity index (χ0) is 16.9. The van der Waals surface area contributed by atoms with Gasteiger partial charge < -0.3 is 15.3 Å². The molecular weight excluding hydrogens is 292 g/mol. The molecule has 2 aliphatic rings. The van der Waals surface area contributed by atoms with Crippen LogP contribution in [0.1, 0.15) is 58.8 Å². The Hall–Kier alpha value is -1.36. The Morgan fingerprint density at radius 3 is 2.43 bits per heavy atom. The summed E-state index contributed by atoms with van der Waals surface area (Å²) in [5, 5.41) is 11.8. The minimum absolute atomic E-state index is 0.0171. The lowest BCUT2D eigenvalue weighted by atomic mass is 10.1. The molecule has 5 nitrogen and oxygen atoms in total. The first-order chi connectivity index (χ1) is 10.9. The summed E-state index contributed by atoms with van der Waals surface area (Å²) in [4.78, 5) is 25.7. The van der Waals surface area contributed by atoms with Crippen LogP contribution >= 0.6 is 0 Å². The number of carbonyl (C=O) groups excluding carboxylic acids is 1. The predicted molar refractivity (Wildman–Crippen MR) is 89.9 cm³/mol. The normalized spacial score (nSPS) is 23.7. The number of unbranched alkanes of at least 4 members (excludes halogenated alkanes) is 3. The monoisotopic (exact) mass is 322 g/mol. The van der Waals surface area contributed by atoms with Gasteiger partial charge in [0, 0.05) is 5.92 Å². The molecule has 0 aromatic carbocycles. The van der Waals surface area contributed by atoms with Crippen molar-refractivity contribution >= 4 is 11.9 Å². The van der Waals surface area contributed by atoms with Gasteiger partial charge in [-0.15, -0.1) is 0 Å². The van der Waals surface area contributed by atoms with Gasteiger partial charge in [0.2, 0.25) is 5.91 Å². The van der Waals surface area contributed by atoms with Crippen LogP contribution < -0.4 is 5.32 Å². The van der Waals surface area contributed by atoms with Crippen molar-refractivity contribution in [2.75, 3.05) is 19.6 Å². The van der Waals surface area contributed by atoms with Crippen molar-refractivity contribution in [2.45, 2.75) is 58.8 Å². The molecule has 1 saturated carbocycles. The third-order valence-corrected chi connectivity index (χ3v) is 5.04. The standard InChI is InChI=1S/C18H30N2O3/c1-18(2)13-14(18)16(21)19-15(17(22)23)9-5-3-4-6-10-20-11-7-8-12-20/h9,14H,3-8,10-13H2,1-2H3,(H,19,21)(H,22,23)/b15-9+. The highest BCUT2D eigenvalue weighted by atomic mass is 16.4. The lowest BCUT2D eigenvalue weighted by Gasteiger charge is -2.13. The number of carbonyl (C=O) groups is 2. The molecule has 130 valence electrons. The fourth-order valence-electron chi connectivity index (χ4n) is 3.24. The topological polar surface area (TPSA) is 69.6 Å². The van der Waals surface area contributed by atoms with Crippen molar-refractivity contribution in [1.29, 1.82) is 0 Å². The van der Waals surface area contributed by atoms with Crippen molar-refractivity contribution in [3.8, 4) is 0 Å². The van der Waals surface area contributed by atoms with Gasteiger partial charge in [-0.05, 0) is 63.6 Å². The largest absolute Gasteiger partial charge is 0.477 e. The molecule has 1 saturated heterocycles. The molecule has 1 heterocycles. The molecule has 5 heteroatoms. The summed E-state index contributed by atoms with van der Waals surface area (Å²) in [6.45, 7) is 7.67. The highest BCUT2D eigenvalue weighted by molar-refractivity contribution is 5.94. The Balaban J connectivity index is 1.65. The first-order valence-electron chi connectivity index (χ1n) is 8.87. The lowest BCUT2D eigenvalue weighted by Crippen LogP contribution is -2.29. The summed E-state index contributed by atoms with van der Waals surface area (Å²) in [5.41, 5.74) is 0.0562. The van der Waals surface area contributed by atoms with E-state index >= 15 is 0 Å². The van der Waals surface area contributed by atoms with Gasteiger partial charge in [0.25, 0.3) is 0 Å². The van der Waals surface area contributed by atoms with Crippen LogP contribution in [0.2, 0.25) is 0 Å². The van der Waals surface area contributed by atoms with Gasteiger partial charge in [-0.1, -0.05) is 26.3 Å². The summed E-state index contributed by atoms with van der Waals surface area (Å²) in [6.07, 6.45) is 9.08. The highest BCUT2D eigenvalue weighted by Gasteiger charge is 2.50. The minimum atomic E-state index is -1.05. The van der Waals surface area contributed by atoms with Crippen LogP contribution in [0, 0.1) is 11.3 Å². The van der Waals surface area contributed by atoms with E-state index in [4.69, 9.17) is 0 Å². The fourth-order valence-corrected chi connectivity index (χ4v) is 3.24. The molecule has 23 heavy (non-hydrogen) atoms. The second-order valence-electron chi connectivity index (χ2n) is 7.56. The average molecular weight is 322 g/mol. The number of nitrogens with one attached hydrogen (secondary N) is 1. The smallest absolute Gasteiger partial charge is 0.352 e. The quantitative estimate of drug-likeness (QED) is 0.506. The Morgan fingerprint density at radius 1 is 1.22 bits per heavy atom.